The predicted molar refractivity (Wildman–Crippen MR) is 277 cm³/mol. The quantitative estimate of drug-likeness (QED) is 0.174. The van der Waals surface area contributed by atoms with Crippen molar-refractivity contribution in [3.63, 3.8) is 0 Å². The molecule has 0 aromatic heterocycles. The van der Waals surface area contributed by atoms with Crippen molar-refractivity contribution in [3.8, 4) is 0 Å². The highest BCUT2D eigenvalue weighted by Gasteiger charge is 2.70. The third-order valence-corrected chi connectivity index (χ3v) is 20.1. The van der Waals surface area contributed by atoms with Crippen LogP contribution >= 0.6 is 0 Å². The number of allylic oxidation sites excluding steroid dienone is 25. The Hall–Kier alpha value is -4.14. The number of rotatable bonds is 10. The molecule has 66 heavy (non-hydrogen) atoms. The van der Waals surface area contributed by atoms with Gasteiger partial charge in [-0.15, -0.1) is 0 Å². The van der Waals surface area contributed by atoms with Crippen molar-refractivity contribution < 1.29 is 0 Å². The Balaban J connectivity index is 1.08. The summed E-state index contributed by atoms with van der Waals surface area (Å²) in [6, 6.07) is 1.85. The molecule has 1 heterocycles. The lowest BCUT2D eigenvalue weighted by molar-refractivity contribution is 0.0872. The van der Waals surface area contributed by atoms with Crippen molar-refractivity contribution in [2.75, 3.05) is 0 Å². The molecule has 2 spiro atoms. The molecule has 2 saturated carbocycles. The highest BCUT2D eigenvalue weighted by Crippen LogP contribution is 2.78. The van der Waals surface area contributed by atoms with Crippen LogP contribution in [0.25, 0.3) is 0 Å². The second-order valence-corrected chi connectivity index (χ2v) is 22.5. The zero-order valence-corrected chi connectivity index (χ0v) is 40.7. The van der Waals surface area contributed by atoms with Crippen LogP contribution < -0.4 is 5.32 Å². The zero-order chi connectivity index (χ0) is 44.6. The molecule has 1 N–H and O–H groups in total. The number of unbranched alkanes of at least 4 members (excludes halogenated alkanes) is 1. The number of fused-ring (bicyclic) bond motifs is 17. The van der Waals surface area contributed by atoms with E-state index in [4.69, 9.17) is 0 Å². The van der Waals surface area contributed by atoms with Crippen molar-refractivity contribution in [1.29, 1.82) is 0 Å². The lowest BCUT2D eigenvalue weighted by Crippen LogP contribution is -2.55. The Bertz CT molecular complexity index is 2450. The van der Waals surface area contributed by atoms with E-state index in [1.807, 2.05) is 16.7 Å². The largest absolute Gasteiger partial charge is 0.359 e. The molecular formula is C64H78N2. The van der Waals surface area contributed by atoms with E-state index in [-0.39, 0.29) is 10.8 Å². The van der Waals surface area contributed by atoms with Crippen LogP contribution in [-0.4, -0.2) is 23.0 Å². The van der Waals surface area contributed by atoms with Crippen LogP contribution in [0.15, 0.2) is 178 Å². The molecule has 2 heteroatoms. The number of hydrogen-bond donors (Lipinski definition) is 1. The molecule has 0 aromatic rings. The Morgan fingerprint density at radius 3 is 2.52 bits per heavy atom. The van der Waals surface area contributed by atoms with Gasteiger partial charge in [-0.3, -0.25) is 4.90 Å². The maximum absolute atomic E-state index is 4.50. The number of nitrogens with one attached hydrogen (secondary N) is 1. The van der Waals surface area contributed by atoms with Crippen LogP contribution in [0.2, 0.25) is 0 Å². The molecule has 1 saturated heterocycles. The third-order valence-electron chi connectivity index (χ3n) is 20.1. The monoisotopic (exact) mass is 875 g/mol. The predicted octanol–water partition coefficient (Wildman–Crippen LogP) is 15.7. The minimum absolute atomic E-state index is 0.0400. The molecule has 11 aliphatic carbocycles. The maximum atomic E-state index is 4.50. The highest BCUT2D eigenvalue weighted by atomic mass is 15.3. The molecule has 1 aliphatic heterocycles. The summed E-state index contributed by atoms with van der Waals surface area (Å²) in [6.07, 6.45) is 70.3. The molecule has 0 radical (unpaired) electrons. The first-order valence-electron chi connectivity index (χ1n) is 27.5. The van der Waals surface area contributed by atoms with Crippen LogP contribution in [0.1, 0.15) is 136 Å². The first-order valence-corrected chi connectivity index (χ1v) is 27.5. The van der Waals surface area contributed by atoms with E-state index in [0.717, 1.165) is 44.4 Å². The standard InChI is InChI=1S/C64H78N2/c1-5-9-10-23-42(6-2)45(7-3)60(8-4)65-43-36-38-56-58(40-43)63(52-30-17-11-24-46(52)47-25-12-18-31-53(47)63)57-39-37-44(66-61-34-21-15-28-50(61)51-29-16-22-35-62(51)66)41-59(57)64(56)54-32-19-13-26-48(54)49-27-14-20-33-55(49)64/h8,10-15,17,19,21,23,25,27-28,30,32,34,36,38,42,44,46,48-51,55,58,61-62,65H,4-7,9,16,18,20,22,24,26,29,31,33,35,37,39-41H2,1-3H3/b23-10-,60-45-/t42-,44?,46?,48?,49?,50?,51?,55?,58?,61+,62?,63?,64?/m1/s1. The normalized spacial score (nSPS) is 39.9. The summed E-state index contributed by atoms with van der Waals surface area (Å²) < 4.78 is 0. The minimum Gasteiger partial charge on any atom is -0.359 e. The minimum atomic E-state index is -0.0772. The van der Waals surface area contributed by atoms with Gasteiger partial charge in [0.05, 0.1) is 0 Å². The van der Waals surface area contributed by atoms with Gasteiger partial charge in [-0.25, -0.2) is 0 Å². The molecule has 12 rings (SSSR count). The Labute approximate surface area is 399 Å². The topological polar surface area (TPSA) is 15.3 Å². The summed E-state index contributed by atoms with van der Waals surface area (Å²) >= 11 is 0. The van der Waals surface area contributed by atoms with Crippen LogP contribution in [0.3, 0.4) is 0 Å². The fraction of sp³-hybridized carbons (Fsp3) is 0.531. The average molecular weight is 875 g/mol. The Morgan fingerprint density at radius 2 is 1.65 bits per heavy atom. The van der Waals surface area contributed by atoms with Gasteiger partial charge < -0.3 is 5.32 Å². The van der Waals surface area contributed by atoms with Crippen molar-refractivity contribution in [3.05, 3.63) is 178 Å². The number of nitrogens with zero attached hydrogens (tertiary/aromatic N) is 1. The third kappa shape index (κ3) is 6.20. The number of likely N-dealkylation sites (tertiary alicyclic amines) is 1. The smallest absolute Gasteiger partial charge is 0.0418 e. The van der Waals surface area contributed by atoms with E-state index in [1.54, 1.807) is 22.3 Å². The summed E-state index contributed by atoms with van der Waals surface area (Å²) in [6.45, 7) is 11.5. The van der Waals surface area contributed by atoms with Crippen molar-refractivity contribution in [2.45, 2.75) is 154 Å². The summed E-state index contributed by atoms with van der Waals surface area (Å²) in [4.78, 5) is 3.19. The molecule has 344 valence electrons. The van der Waals surface area contributed by atoms with Gasteiger partial charge in [0.2, 0.25) is 0 Å². The molecule has 2 nitrogen and oxygen atoms in total. The van der Waals surface area contributed by atoms with E-state index < -0.39 is 0 Å². The van der Waals surface area contributed by atoms with Gasteiger partial charge in [-0.2, -0.15) is 0 Å². The molecule has 3 fully saturated rings. The summed E-state index contributed by atoms with van der Waals surface area (Å²) in [5, 5.41) is 4.22. The first-order chi connectivity index (χ1) is 32.6. The summed E-state index contributed by atoms with van der Waals surface area (Å²) in [7, 11) is 0. The van der Waals surface area contributed by atoms with Crippen LogP contribution in [-0.2, 0) is 0 Å². The SMILES string of the molecule is C=C/C(NC1=CC=C2C(C1)C1(C3=CC=CCC3C3=C1CCC=C3)C1=C(CC(N3C4CCCCC4C4C=CC=C[C@@H]43)CC1)C21C2=CC=CCC2C2C=CCCC21)=C(\CC)[C@@H](/C=C\CCC)CC. The summed E-state index contributed by atoms with van der Waals surface area (Å²) in [5.74, 6) is 4.57. The molecule has 0 amide bonds. The van der Waals surface area contributed by atoms with Gasteiger partial charge in [-0.1, -0.05) is 178 Å². The van der Waals surface area contributed by atoms with Gasteiger partial charge in [0, 0.05) is 58.1 Å². The zero-order valence-electron chi connectivity index (χ0n) is 40.7. The second-order valence-electron chi connectivity index (χ2n) is 22.5. The van der Waals surface area contributed by atoms with Gasteiger partial charge in [0.15, 0.2) is 0 Å². The molecule has 11 unspecified atom stereocenters. The molecular weight excluding hydrogens is 797 g/mol. The van der Waals surface area contributed by atoms with E-state index in [2.05, 4.69) is 153 Å². The first kappa shape index (κ1) is 43.2. The Kier molecular flexibility index (Phi) is 11.4. The van der Waals surface area contributed by atoms with Crippen LogP contribution in [0.5, 0.6) is 0 Å². The fourth-order valence-electron chi connectivity index (χ4n) is 17.9. The van der Waals surface area contributed by atoms with E-state index >= 15 is 0 Å². The van der Waals surface area contributed by atoms with Crippen LogP contribution in [0.4, 0.5) is 0 Å². The molecule has 0 aromatic carbocycles. The Morgan fingerprint density at radius 1 is 0.788 bits per heavy atom. The van der Waals surface area contributed by atoms with Gasteiger partial charge >= 0.3 is 0 Å². The van der Waals surface area contributed by atoms with Crippen molar-refractivity contribution >= 4 is 0 Å². The lowest BCUT2D eigenvalue weighted by atomic mass is 9.42. The van der Waals surface area contributed by atoms with Crippen molar-refractivity contribution in [2.24, 2.45) is 58.2 Å². The molecule has 13 atom stereocenters. The molecule has 0 bridgehead atoms. The van der Waals surface area contributed by atoms with E-state index in [0.29, 0.717) is 59.6 Å². The second kappa shape index (κ2) is 17.4. The fourth-order valence-corrected chi connectivity index (χ4v) is 17.9. The average Bonchev–Trinajstić information content (AvgIpc) is 3.98. The van der Waals surface area contributed by atoms with Crippen LogP contribution in [0, 0.1) is 58.2 Å². The van der Waals surface area contributed by atoms with E-state index in [1.165, 1.54) is 94.0 Å². The number of hydrogen-bond acceptors (Lipinski definition) is 2. The van der Waals surface area contributed by atoms with Gasteiger partial charge in [-0.05, 0) is 155 Å². The summed E-state index contributed by atoms with van der Waals surface area (Å²) in [5.41, 5.74) is 16.7. The molecule has 12 aliphatic rings. The maximum Gasteiger partial charge on any atom is 0.0418 e. The van der Waals surface area contributed by atoms with Gasteiger partial charge in [0.1, 0.15) is 0 Å². The van der Waals surface area contributed by atoms with Crippen molar-refractivity contribution in [1.82, 2.24) is 10.2 Å². The van der Waals surface area contributed by atoms with E-state index in [9.17, 15) is 0 Å². The lowest BCUT2D eigenvalue weighted by Gasteiger charge is -2.61. The highest BCUT2D eigenvalue weighted by molar-refractivity contribution is 5.69. The van der Waals surface area contributed by atoms with Gasteiger partial charge in [0.25, 0.3) is 0 Å².